The summed E-state index contributed by atoms with van der Waals surface area (Å²) in [5.41, 5.74) is 3.22. The molecule has 1 aromatic carbocycles. The largest absolute Gasteiger partial charge is 0.497 e. The fraction of sp³-hybridized carbons (Fsp3) is 0.353. The van der Waals surface area contributed by atoms with Crippen molar-refractivity contribution < 1.29 is 4.74 Å². The van der Waals surface area contributed by atoms with Crippen LogP contribution in [0.2, 0.25) is 5.15 Å². The molecule has 0 saturated heterocycles. The first-order valence-corrected chi connectivity index (χ1v) is 7.57. The maximum atomic E-state index is 6.34. The third kappa shape index (κ3) is 3.90. The third-order valence-electron chi connectivity index (χ3n) is 3.58. The maximum Gasteiger partial charge on any atom is 0.131 e. The smallest absolute Gasteiger partial charge is 0.131 e. The lowest BCUT2D eigenvalue weighted by atomic mass is 10.1. The zero-order valence-corrected chi connectivity index (χ0v) is 14.1. The van der Waals surface area contributed by atoms with E-state index >= 15 is 0 Å². The predicted molar refractivity (Wildman–Crippen MR) is 90.3 cm³/mol. The van der Waals surface area contributed by atoms with E-state index in [0.717, 1.165) is 36.6 Å². The van der Waals surface area contributed by atoms with Crippen molar-refractivity contribution in [3.8, 4) is 5.75 Å². The number of aryl methyl sites for hydroxylation is 2. The van der Waals surface area contributed by atoms with Crippen LogP contribution in [0.3, 0.4) is 0 Å². The van der Waals surface area contributed by atoms with Gasteiger partial charge in [-0.1, -0.05) is 29.8 Å². The van der Waals surface area contributed by atoms with Crippen LogP contribution < -0.4 is 4.74 Å². The highest BCUT2D eigenvalue weighted by Gasteiger charge is 2.15. The van der Waals surface area contributed by atoms with Crippen molar-refractivity contribution in [3.63, 3.8) is 0 Å². The van der Waals surface area contributed by atoms with E-state index in [9.17, 15) is 0 Å². The molecule has 0 atom stereocenters. The lowest BCUT2D eigenvalue weighted by molar-refractivity contribution is 0.285. The van der Waals surface area contributed by atoms with Crippen LogP contribution in [0, 0.1) is 6.92 Å². The number of benzene rings is 1. The monoisotopic (exact) mass is 319 g/mol. The first kappa shape index (κ1) is 16.6. The molecule has 0 amide bonds. The van der Waals surface area contributed by atoms with Gasteiger partial charge in [-0.3, -0.25) is 9.58 Å². The Labute approximate surface area is 137 Å². The van der Waals surface area contributed by atoms with Crippen LogP contribution in [0.15, 0.2) is 36.9 Å². The van der Waals surface area contributed by atoms with Crippen LogP contribution in [0.4, 0.5) is 0 Å². The van der Waals surface area contributed by atoms with E-state index in [-0.39, 0.29) is 0 Å². The van der Waals surface area contributed by atoms with Gasteiger partial charge < -0.3 is 4.74 Å². The normalized spacial score (nSPS) is 11.0. The number of halogens is 1. The van der Waals surface area contributed by atoms with Gasteiger partial charge in [-0.25, -0.2) is 0 Å². The Morgan fingerprint density at radius 1 is 1.41 bits per heavy atom. The minimum atomic E-state index is 0.692. The van der Waals surface area contributed by atoms with Gasteiger partial charge in [0, 0.05) is 32.2 Å². The number of methoxy groups -OCH3 is 1. The van der Waals surface area contributed by atoms with Gasteiger partial charge >= 0.3 is 0 Å². The number of nitrogens with zero attached hydrogens (tertiary/aromatic N) is 3. The first-order valence-electron chi connectivity index (χ1n) is 7.19. The van der Waals surface area contributed by atoms with Gasteiger partial charge in [0.25, 0.3) is 0 Å². The molecule has 0 unspecified atom stereocenters. The minimum Gasteiger partial charge on any atom is -0.497 e. The second-order valence-electron chi connectivity index (χ2n) is 5.29. The highest BCUT2D eigenvalue weighted by atomic mass is 35.5. The van der Waals surface area contributed by atoms with Gasteiger partial charge in [0.1, 0.15) is 10.9 Å². The van der Waals surface area contributed by atoms with Crippen molar-refractivity contribution in [1.29, 1.82) is 0 Å². The van der Waals surface area contributed by atoms with Crippen molar-refractivity contribution in [1.82, 2.24) is 14.7 Å². The topological polar surface area (TPSA) is 30.3 Å². The van der Waals surface area contributed by atoms with E-state index in [1.807, 2.05) is 38.2 Å². The number of hydrogen-bond acceptors (Lipinski definition) is 3. The van der Waals surface area contributed by atoms with Gasteiger partial charge in [-0.2, -0.15) is 5.10 Å². The Balaban J connectivity index is 2.17. The molecule has 0 fully saturated rings. The molecule has 0 aliphatic carbocycles. The number of hydrogen-bond donors (Lipinski definition) is 0. The Kier molecular flexibility index (Phi) is 5.63. The highest BCUT2D eigenvalue weighted by molar-refractivity contribution is 6.30. The van der Waals surface area contributed by atoms with Crippen LogP contribution in [0.1, 0.15) is 16.8 Å². The predicted octanol–water partition coefficient (Wildman–Crippen LogP) is 3.58. The molecule has 1 aromatic heterocycles. The zero-order chi connectivity index (χ0) is 16.1. The Bertz CT molecular complexity index is 651. The van der Waals surface area contributed by atoms with E-state index in [2.05, 4.69) is 22.6 Å². The molecule has 0 aliphatic heterocycles. The molecular formula is C17H22ClN3O. The minimum absolute atomic E-state index is 0.692. The standard InChI is InChI=1S/C17H22ClN3O/c1-5-9-21(11-14-7-6-8-15(10-14)22-4)12-16-13(2)19-20(3)17(16)18/h5-8,10H,1,9,11-12H2,2-4H3. The molecule has 2 rings (SSSR count). The lowest BCUT2D eigenvalue weighted by Gasteiger charge is -2.21. The lowest BCUT2D eigenvalue weighted by Crippen LogP contribution is -2.23. The van der Waals surface area contributed by atoms with Crippen molar-refractivity contribution in [2.24, 2.45) is 7.05 Å². The molecule has 0 radical (unpaired) electrons. The summed E-state index contributed by atoms with van der Waals surface area (Å²) >= 11 is 6.34. The van der Waals surface area contributed by atoms with Crippen molar-refractivity contribution in [2.75, 3.05) is 13.7 Å². The summed E-state index contributed by atoms with van der Waals surface area (Å²) in [5.74, 6) is 0.867. The summed E-state index contributed by atoms with van der Waals surface area (Å²) < 4.78 is 7.00. The number of aromatic nitrogens is 2. The van der Waals surface area contributed by atoms with Crippen LogP contribution in [-0.4, -0.2) is 28.3 Å². The molecule has 0 spiro atoms. The van der Waals surface area contributed by atoms with Crippen LogP contribution in [0.5, 0.6) is 5.75 Å². The van der Waals surface area contributed by atoms with Gasteiger partial charge in [0.2, 0.25) is 0 Å². The van der Waals surface area contributed by atoms with E-state index in [1.54, 1.807) is 11.8 Å². The van der Waals surface area contributed by atoms with Crippen LogP contribution in [-0.2, 0) is 20.1 Å². The molecule has 1 heterocycles. The molecule has 22 heavy (non-hydrogen) atoms. The average Bonchev–Trinajstić information content (AvgIpc) is 2.74. The summed E-state index contributed by atoms with van der Waals surface area (Å²) in [5, 5.41) is 5.06. The molecule has 0 N–H and O–H groups in total. The fourth-order valence-electron chi connectivity index (χ4n) is 2.47. The molecule has 2 aromatic rings. The van der Waals surface area contributed by atoms with E-state index < -0.39 is 0 Å². The van der Waals surface area contributed by atoms with Crippen LogP contribution >= 0.6 is 11.6 Å². The average molecular weight is 320 g/mol. The summed E-state index contributed by atoms with van der Waals surface area (Å²) in [6, 6.07) is 8.09. The fourth-order valence-corrected chi connectivity index (χ4v) is 2.71. The Morgan fingerprint density at radius 2 is 2.18 bits per heavy atom. The molecule has 0 saturated carbocycles. The van der Waals surface area contributed by atoms with Gasteiger partial charge in [-0.15, -0.1) is 6.58 Å². The quantitative estimate of drug-likeness (QED) is 0.731. The zero-order valence-electron chi connectivity index (χ0n) is 13.3. The third-order valence-corrected chi connectivity index (χ3v) is 4.05. The van der Waals surface area contributed by atoms with E-state index in [0.29, 0.717) is 5.15 Å². The summed E-state index contributed by atoms with van der Waals surface area (Å²) in [6.07, 6.45) is 1.90. The molecular weight excluding hydrogens is 298 g/mol. The maximum absolute atomic E-state index is 6.34. The van der Waals surface area contributed by atoms with E-state index in [4.69, 9.17) is 16.3 Å². The summed E-state index contributed by atoms with van der Waals surface area (Å²) in [6.45, 7) is 8.15. The molecule has 5 heteroatoms. The molecule has 0 aliphatic rings. The van der Waals surface area contributed by atoms with Crippen LogP contribution in [0.25, 0.3) is 0 Å². The Morgan fingerprint density at radius 3 is 2.77 bits per heavy atom. The molecule has 118 valence electrons. The molecule has 4 nitrogen and oxygen atoms in total. The number of rotatable bonds is 7. The van der Waals surface area contributed by atoms with Crippen molar-refractivity contribution in [3.05, 3.63) is 58.9 Å². The SMILES string of the molecule is C=CCN(Cc1cccc(OC)c1)Cc1c(C)nn(C)c1Cl. The summed E-state index contributed by atoms with van der Waals surface area (Å²) in [7, 11) is 3.54. The Hall–Kier alpha value is -1.78. The second-order valence-corrected chi connectivity index (χ2v) is 5.65. The van der Waals surface area contributed by atoms with Gasteiger partial charge in [-0.05, 0) is 24.6 Å². The molecule has 0 bridgehead atoms. The van der Waals surface area contributed by atoms with Crippen molar-refractivity contribution in [2.45, 2.75) is 20.0 Å². The van der Waals surface area contributed by atoms with E-state index in [1.165, 1.54) is 5.56 Å². The van der Waals surface area contributed by atoms with Gasteiger partial charge in [0.15, 0.2) is 0 Å². The first-order chi connectivity index (χ1) is 10.5. The summed E-state index contributed by atoms with van der Waals surface area (Å²) in [4.78, 5) is 2.28. The van der Waals surface area contributed by atoms with Gasteiger partial charge in [0.05, 0.1) is 12.8 Å². The number of ether oxygens (including phenoxy) is 1. The highest BCUT2D eigenvalue weighted by Crippen LogP contribution is 2.22. The second kappa shape index (κ2) is 7.47. The van der Waals surface area contributed by atoms with Crippen molar-refractivity contribution >= 4 is 11.6 Å².